The lowest BCUT2D eigenvalue weighted by atomic mass is 10.0. The summed E-state index contributed by atoms with van der Waals surface area (Å²) in [7, 11) is 3.33. The number of halogens is 1. The van der Waals surface area contributed by atoms with Gasteiger partial charge in [-0.15, -0.1) is 0 Å². The number of benzene rings is 1. The smallest absolute Gasteiger partial charge is 0.236 e. The lowest BCUT2D eigenvalue weighted by Crippen LogP contribution is -2.46. The summed E-state index contributed by atoms with van der Waals surface area (Å²) in [5, 5.41) is 0. The van der Waals surface area contributed by atoms with Crippen LogP contribution in [0.1, 0.15) is 31.7 Å². The molecule has 1 amide bonds. The molecule has 1 atom stereocenters. The first-order chi connectivity index (χ1) is 10.5. The molecule has 1 aromatic rings. The number of piperidine rings is 1. The van der Waals surface area contributed by atoms with E-state index in [0.717, 1.165) is 24.9 Å². The number of carbonyl (C=O) groups is 1. The van der Waals surface area contributed by atoms with Crippen molar-refractivity contribution in [1.82, 2.24) is 9.80 Å². The molecule has 1 unspecified atom stereocenters. The minimum absolute atomic E-state index is 0.156. The van der Waals surface area contributed by atoms with Gasteiger partial charge in [-0.05, 0) is 50.9 Å². The molecule has 0 bridgehead atoms. The van der Waals surface area contributed by atoms with Crippen LogP contribution in [-0.4, -0.2) is 49.0 Å². The van der Waals surface area contributed by atoms with Gasteiger partial charge >= 0.3 is 0 Å². The van der Waals surface area contributed by atoms with E-state index in [0.29, 0.717) is 19.1 Å². The second-order valence-electron chi connectivity index (χ2n) is 6.07. The molecule has 1 heterocycles. The molecule has 1 saturated heterocycles. The predicted octanol–water partition coefficient (Wildman–Crippen LogP) is 2.67. The Morgan fingerprint density at radius 1 is 1.45 bits per heavy atom. The molecule has 2 rings (SSSR count). The zero-order chi connectivity index (χ0) is 16.1. The van der Waals surface area contributed by atoms with Crippen LogP contribution in [0.25, 0.3) is 0 Å². The van der Waals surface area contributed by atoms with Gasteiger partial charge in [-0.25, -0.2) is 4.39 Å². The average molecular weight is 308 g/mol. The summed E-state index contributed by atoms with van der Waals surface area (Å²) in [6, 6.07) is 5.23. The number of hydrogen-bond donors (Lipinski definition) is 0. The maximum Gasteiger partial charge on any atom is 0.236 e. The van der Waals surface area contributed by atoms with Crippen molar-refractivity contribution in [2.75, 3.05) is 27.2 Å². The summed E-state index contributed by atoms with van der Waals surface area (Å²) in [6.07, 6.45) is 3.37. The molecule has 22 heavy (non-hydrogen) atoms. The Hall–Kier alpha value is -1.62. The van der Waals surface area contributed by atoms with E-state index in [4.69, 9.17) is 4.74 Å². The first-order valence-electron chi connectivity index (χ1n) is 7.81. The first kappa shape index (κ1) is 16.7. The van der Waals surface area contributed by atoms with E-state index in [2.05, 4.69) is 6.92 Å². The number of carbonyl (C=O) groups excluding carboxylic acids is 1. The molecule has 4 nitrogen and oxygen atoms in total. The molecule has 1 aliphatic rings. The largest absolute Gasteiger partial charge is 0.494 e. The number of methoxy groups -OCH3 is 1. The maximum absolute atomic E-state index is 13.7. The van der Waals surface area contributed by atoms with Crippen molar-refractivity contribution in [2.45, 2.75) is 38.8 Å². The van der Waals surface area contributed by atoms with Crippen molar-refractivity contribution >= 4 is 5.91 Å². The van der Waals surface area contributed by atoms with E-state index in [9.17, 15) is 9.18 Å². The Morgan fingerprint density at radius 2 is 2.23 bits per heavy atom. The van der Waals surface area contributed by atoms with Crippen LogP contribution in [0.15, 0.2) is 18.2 Å². The van der Waals surface area contributed by atoms with Crippen LogP contribution >= 0.6 is 0 Å². The molecule has 0 aromatic heterocycles. The van der Waals surface area contributed by atoms with Gasteiger partial charge in [-0.1, -0.05) is 6.07 Å². The summed E-state index contributed by atoms with van der Waals surface area (Å²) in [6.45, 7) is 3.85. The molecular weight excluding hydrogens is 283 g/mol. The lowest BCUT2D eigenvalue weighted by molar-refractivity contribution is -0.135. The summed E-state index contributed by atoms with van der Waals surface area (Å²) < 4.78 is 18.6. The number of likely N-dealkylation sites (N-methyl/N-ethyl adjacent to an activating group) is 1. The van der Waals surface area contributed by atoms with Crippen molar-refractivity contribution in [3.8, 4) is 5.75 Å². The summed E-state index contributed by atoms with van der Waals surface area (Å²) >= 11 is 0. The zero-order valence-corrected chi connectivity index (χ0v) is 13.6. The zero-order valence-electron chi connectivity index (χ0n) is 13.6. The van der Waals surface area contributed by atoms with Gasteiger partial charge in [-0.2, -0.15) is 0 Å². The van der Waals surface area contributed by atoms with E-state index in [1.807, 2.05) is 22.9 Å². The van der Waals surface area contributed by atoms with Gasteiger partial charge in [-0.3, -0.25) is 9.69 Å². The van der Waals surface area contributed by atoms with Gasteiger partial charge < -0.3 is 9.64 Å². The molecule has 5 heteroatoms. The normalized spacial score (nSPS) is 18.6. The first-order valence-corrected chi connectivity index (χ1v) is 7.81. The van der Waals surface area contributed by atoms with Crippen LogP contribution in [0, 0.1) is 5.82 Å². The van der Waals surface area contributed by atoms with Gasteiger partial charge in [0.05, 0.1) is 13.7 Å². The fourth-order valence-corrected chi connectivity index (χ4v) is 2.97. The van der Waals surface area contributed by atoms with Crippen LogP contribution in [0.3, 0.4) is 0 Å². The average Bonchev–Trinajstić information content (AvgIpc) is 2.47. The summed E-state index contributed by atoms with van der Waals surface area (Å²) in [5.41, 5.74) is 0.834. The Morgan fingerprint density at radius 3 is 2.86 bits per heavy atom. The lowest BCUT2D eigenvalue weighted by Gasteiger charge is -2.34. The van der Waals surface area contributed by atoms with Crippen molar-refractivity contribution in [1.29, 1.82) is 0 Å². The van der Waals surface area contributed by atoms with Crippen molar-refractivity contribution in [3.63, 3.8) is 0 Å². The Bertz CT molecular complexity index is 521. The highest BCUT2D eigenvalue weighted by atomic mass is 19.1. The number of likely N-dealkylation sites (tertiary alicyclic amines) is 1. The number of nitrogens with zero attached hydrogens (tertiary/aromatic N) is 2. The van der Waals surface area contributed by atoms with Gasteiger partial charge in [0, 0.05) is 19.1 Å². The van der Waals surface area contributed by atoms with Crippen LogP contribution in [-0.2, 0) is 11.3 Å². The third-order valence-corrected chi connectivity index (χ3v) is 4.20. The van der Waals surface area contributed by atoms with Crippen LogP contribution in [0.5, 0.6) is 5.75 Å². The highest BCUT2D eigenvalue weighted by Gasteiger charge is 2.23. The van der Waals surface area contributed by atoms with Crippen molar-refractivity contribution in [2.24, 2.45) is 0 Å². The minimum atomic E-state index is -0.371. The molecule has 0 aliphatic carbocycles. The number of ether oxygens (including phenoxy) is 1. The molecule has 0 spiro atoms. The van der Waals surface area contributed by atoms with Crippen molar-refractivity contribution < 1.29 is 13.9 Å². The fourth-order valence-electron chi connectivity index (χ4n) is 2.97. The third-order valence-electron chi connectivity index (χ3n) is 4.20. The van der Waals surface area contributed by atoms with E-state index < -0.39 is 0 Å². The summed E-state index contributed by atoms with van der Waals surface area (Å²) in [5.74, 6) is 0.0256. The van der Waals surface area contributed by atoms with E-state index >= 15 is 0 Å². The monoisotopic (exact) mass is 308 g/mol. The molecule has 122 valence electrons. The number of amides is 1. The topological polar surface area (TPSA) is 32.8 Å². The molecular formula is C17H25FN2O2. The number of hydrogen-bond acceptors (Lipinski definition) is 3. The third kappa shape index (κ3) is 4.19. The standard InChI is InChI=1S/C17H25FN2O2/c1-13-6-4-5-9-20(13)17(21)12-19(2)11-14-7-8-16(22-3)15(18)10-14/h7-8,10,13H,4-6,9,11-12H2,1-3H3. The Balaban J connectivity index is 1.90. The van der Waals surface area contributed by atoms with Crippen LogP contribution in [0.4, 0.5) is 4.39 Å². The van der Waals surface area contributed by atoms with Gasteiger partial charge in [0.15, 0.2) is 11.6 Å². The van der Waals surface area contributed by atoms with Gasteiger partial charge in [0.1, 0.15) is 0 Å². The van der Waals surface area contributed by atoms with Crippen LogP contribution < -0.4 is 4.74 Å². The Kier molecular flexibility index (Phi) is 5.77. The van der Waals surface area contributed by atoms with Gasteiger partial charge in [0.2, 0.25) is 5.91 Å². The van der Waals surface area contributed by atoms with E-state index in [1.165, 1.54) is 19.6 Å². The minimum Gasteiger partial charge on any atom is -0.494 e. The summed E-state index contributed by atoms with van der Waals surface area (Å²) in [4.78, 5) is 16.3. The molecule has 0 radical (unpaired) electrons. The molecule has 1 aliphatic heterocycles. The fraction of sp³-hybridized carbons (Fsp3) is 0.588. The number of rotatable bonds is 5. The molecule has 0 N–H and O–H groups in total. The van der Waals surface area contributed by atoms with Gasteiger partial charge in [0.25, 0.3) is 0 Å². The van der Waals surface area contributed by atoms with Crippen molar-refractivity contribution in [3.05, 3.63) is 29.6 Å². The SMILES string of the molecule is COc1ccc(CN(C)CC(=O)N2CCCCC2C)cc1F. The highest BCUT2D eigenvalue weighted by molar-refractivity contribution is 5.78. The molecule has 0 saturated carbocycles. The maximum atomic E-state index is 13.7. The predicted molar refractivity (Wildman–Crippen MR) is 84.3 cm³/mol. The second kappa shape index (κ2) is 7.58. The quantitative estimate of drug-likeness (QED) is 0.838. The molecule has 1 fully saturated rings. The Labute approximate surface area is 131 Å². The van der Waals surface area contributed by atoms with Crippen LogP contribution in [0.2, 0.25) is 0 Å². The second-order valence-corrected chi connectivity index (χ2v) is 6.07. The van der Waals surface area contributed by atoms with E-state index in [1.54, 1.807) is 6.07 Å². The van der Waals surface area contributed by atoms with E-state index in [-0.39, 0.29) is 17.5 Å². The highest BCUT2D eigenvalue weighted by Crippen LogP contribution is 2.19. The molecule has 1 aromatic carbocycles.